The first-order valence-electron chi connectivity index (χ1n) is 5.22. The van der Waals surface area contributed by atoms with E-state index in [0.29, 0.717) is 12.1 Å². The van der Waals surface area contributed by atoms with Gasteiger partial charge in [0.15, 0.2) is 0 Å². The van der Waals surface area contributed by atoms with Crippen molar-refractivity contribution in [2.75, 3.05) is 0 Å². The first kappa shape index (κ1) is 17.1. The van der Waals surface area contributed by atoms with Crippen LogP contribution in [-0.4, -0.2) is 35.1 Å². The van der Waals surface area contributed by atoms with Crippen molar-refractivity contribution in [3.63, 3.8) is 0 Å². The zero-order valence-corrected chi connectivity index (χ0v) is 11.1. The molecule has 0 atom stereocenters. The van der Waals surface area contributed by atoms with Crippen LogP contribution in [0.4, 0.5) is 0 Å². The quantitative estimate of drug-likeness (QED) is 0.723. The molecule has 0 saturated carbocycles. The van der Waals surface area contributed by atoms with Crippen LogP contribution in [0, 0.1) is 0 Å². The third-order valence-corrected chi connectivity index (χ3v) is 2.53. The predicted molar refractivity (Wildman–Crippen MR) is 66.1 cm³/mol. The van der Waals surface area contributed by atoms with Crippen LogP contribution in [0.3, 0.4) is 0 Å². The van der Waals surface area contributed by atoms with Gasteiger partial charge in [-0.25, -0.2) is 9.59 Å². The van der Waals surface area contributed by atoms with E-state index in [2.05, 4.69) is 13.8 Å². The van der Waals surface area contributed by atoms with Gasteiger partial charge in [-0.2, -0.15) is 8.42 Å². The van der Waals surface area contributed by atoms with Crippen LogP contribution >= 0.6 is 0 Å². The highest BCUT2D eigenvalue weighted by atomic mass is 32.2. The number of hydrogen-bond donors (Lipinski definition) is 3. The highest BCUT2D eigenvalue weighted by molar-refractivity contribution is 7.85. The smallest absolute Gasteiger partial charge is 0.335 e. The molecule has 0 bridgehead atoms. The fourth-order valence-corrected chi connectivity index (χ4v) is 1.55. The number of rotatable bonds is 3. The van der Waals surface area contributed by atoms with Gasteiger partial charge in [-0.15, -0.1) is 0 Å². The van der Waals surface area contributed by atoms with E-state index in [1.807, 2.05) is 0 Å². The Balaban J connectivity index is 0.000000982. The summed E-state index contributed by atoms with van der Waals surface area (Å²) in [5.74, 6) is -2.99. The van der Waals surface area contributed by atoms with Crippen molar-refractivity contribution in [1.29, 1.82) is 0 Å². The van der Waals surface area contributed by atoms with Gasteiger partial charge in [-0.05, 0) is 18.2 Å². The molecular weight excluding hydrogens is 276 g/mol. The Labute approximate surface area is 110 Å². The maximum Gasteiger partial charge on any atom is 0.335 e. The van der Waals surface area contributed by atoms with E-state index < -0.39 is 38.1 Å². The van der Waals surface area contributed by atoms with Gasteiger partial charge in [0.25, 0.3) is 10.1 Å². The lowest BCUT2D eigenvalue weighted by Crippen LogP contribution is -2.07. The van der Waals surface area contributed by atoms with Crippen molar-refractivity contribution in [3.8, 4) is 0 Å². The number of hydrogen-bond acceptors (Lipinski definition) is 4. The molecule has 0 unspecified atom stereocenters. The van der Waals surface area contributed by atoms with Crippen molar-refractivity contribution >= 4 is 22.1 Å². The molecule has 1 aromatic carbocycles. The molecule has 0 aromatic heterocycles. The lowest BCUT2D eigenvalue weighted by atomic mass is 10.1. The van der Waals surface area contributed by atoms with E-state index in [0.717, 1.165) is 6.07 Å². The summed E-state index contributed by atoms with van der Waals surface area (Å²) >= 11 is 0. The van der Waals surface area contributed by atoms with Crippen LogP contribution in [-0.2, 0) is 10.1 Å². The Kier molecular flexibility index (Phi) is 6.16. The van der Waals surface area contributed by atoms with Gasteiger partial charge in [-0.1, -0.05) is 20.3 Å². The summed E-state index contributed by atoms with van der Waals surface area (Å²) in [6, 6.07) is 2.13. The van der Waals surface area contributed by atoms with Crippen molar-refractivity contribution in [1.82, 2.24) is 0 Å². The highest BCUT2D eigenvalue weighted by Gasteiger charge is 2.17. The molecule has 0 saturated heterocycles. The summed E-state index contributed by atoms with van der Waals surface area (Å²) in [7, 11) is -4.64. The molecule has 0 aliphatic heterocycles. The summed E-state index contributed by atoms with van der Waals surface area (Å²) < 4.78 is 30.2. The van der Waals surface area contributed by atoms with E-state index in [1.54, 1.807) is 0 Å². The van der Waals surface area contributed by atoms with Gasteiger partial charge in [-0.3, -0.25) is 4.55 Å². The molecule has 0 spiro atoms. The van der Waals surface area contributed by atoms with Crippen LogP contribution < -0.4 is 0 Å². The second-order valence-corrected chi connectivity index (χ2v) is 4.96. The second-order valence-electron chi connectivity index (χ2n) is 3.54. The van der Waals surface area contributed by atoms with E-state index in [9.17, 15) is 18.0 Å². The minimum Gasteiger partial charge on any atom is -0.478 e. The monoisotopic (exact) mass is 290 g/mol. The van der Waals surface area contributed by atoms with Gasteiger partial charge < -0.3 is 10.2 Å². The minimum atomic E-state index is -4.64. The number of aromatic carboxylic acids is 2. The van der Waals surface area contributed by atoms with Crippen LogP contribution in [0.15, 0.2) is 23.1 Å². The van der Waals surface area contributed by atoms with Crippen molar-refractivity contribution in [2.45, 2.75) is 25.2 Å². The first-order valence-corrected chi connectivity index (χ1v) is 6.66. The van der Waals surface area contributed by atoms with E-state index in [-0.39, 0.29) is 0 Å². The number of benzene rings is 1. The number of carboxylic acid groups (broad SMARTS) is 2. The lowest BCUT2D eigenvalue weighted by molar-refractivity contribution is 0.0696. The third kappa shape index (κ3) is 5.49. The number of carbonyl (C=O) groups is 2. The molecule has 8 heteroatoms. The Hall–Kier alpha value is -1.93. The van der Waals surface area contributed by atoms with E-state index in [1.165, 1.54) is 6.42 Å². The van der Waals surface area contributed by atoms with Crippen LogP contribution in [0.2, 0.25) is 0 Å². The van der Waals surface area contributed by atoms with Crippen molar-refractivity contribution < 1.29 is 32.8 Å². The van der Waals surface area contributed by atoms with Crippen molar-refractivity contribution in [3.05, 3.63) is 29.3 Å². The van der Waals surface area contributed by atoms with Gasteiger partial charge in [0.2, 0.25) is 0 Å². The Morgan fingerprint density at radius 3 is 1.53 bits per heavy atom. The topological polar surface area (TPSA) is 129 Å². The molecule has 19 heavy (non-hydrogen) atoms. The lowest BCUT2D eigenvalue weighted by Gasteiger charge is -2.02. The molecule has 0 amide bonds. The summed E-state index contributed by atoms with van der Waals surface area (Å²) in [5, 5.41) is 17.2. The average molecular weight is 290 g/mol. The second kappa shape index (κ2) is 6.86. The molecule has 0 aliphatic carbocycles. The molecule has 0 heterocycles. The maximum absolute atomic E-state index is 10.8. The molecule has 106 valence electrons. The van der Waals surface area contributed by atoms with Crippen molar-refractivity contribution in [2.24, 2.45) is 0 Å². The summed E-state index contributed by atoms with van der Waals surface area (Å²) in [4.78, 5) is 20.4. The molecule has 1 rings (SSSR count). The van der Waals surface area contributed by atoms with Gasteiger partial charge in [0.05, 0.1) is 16.0 Å². The van der Waals surface area contributed by atoms with Crippen LogP contribution in [0.1, 0.15) is 41.0 Å². The predicted octanol–water partition coefficient (Wildman–Crippen LogP) is 1.75. The average Bonchev–Trinajstić information content (AvgIpc) is 2.28. The molecular formula is C11H14O7S. The SMILES string of the molecule is CCC.O=C(O)c1cc(C(=O)O)cc(S(=O)(=O)O)c1. The summed E-state index contributed by atoms with van der Waals surface area (Å²) in [6.45, 7) is 4.25. The fraction of sp³-hybridized carbons (Fsp3) is 0.273. The normalized spacial score (nSPS) is 10.3. The maximum atomic E-state index is 10.8. The minimum absolute atomic E-state index is 0.535. The molecule has 0 radical (unpaired) electrons. The Bertz CT molecular complexity index is 542. The van der Waals surface area contributed by atoms with E-state index >= 15 is 0 Å². The Morgan fingerprint density at radius 2 is 1.32 bits per heavy atom. The van der Waals surface area contributed by atoms with Gasteiger partial charge in [0, 0.05) is 0 Å². The van der Waals surface area contributed by atoms with Crippen LogP contribution in [0.5, 0.6) is 0 Å². The molecule has 0 aliphatic rings. The number of carboxylic acids is 2. The Morgan fingerprint density at radius 1 is 1.00 bits per heavy atom. The molecule has 3 N–H and O–H groups in total. The zero-order valence-electron chi connectivity index (χ0n) is 10.3. The highest BCUT2D eigenvalue weighted by Crippen LogP contribution is 2.15. The van der Waals surface area contributed by atoms with Gasteiger partial charge >= 0.3 is 11.9 Å². The van der Waals surface area contributed by atoms with Crippen LogP contribution in [0.25, 0.3) is 0 Å². The molecule has 1 aromatic rings. The molecule has 7 nitrogen and oxygen atoms in total. The zero-order chi connectivity index (χ0) is 15.2. The fourth-order valence-electron chi connectivity index (χ4n) is 0.995. The van der Waals surface area contributed by atoms with E-state index in [4.69, 9.17) is 14.8 Å². The largest absolute Gasteiger partial charge is 0.478 e. The standard InChI is InChI=1S/C8H6O7S.C3H8/c9-7(10)4-1-5(8(11)12)3-6(2-4)16(13,14)15;1-3-2/h1-3H,(H,9,10)(H,11,12)(H,13,14,15);3H2,1-2H3. The molecule has 0 fully saturated rings. The third-order valence-electron chi connectivity index (χ3n) is 1.70. The van der Waals surface area contributed by atoms with Gasteiger partial charge in [0.1, 0.15) is 0 Å². The first-order chi connectivity index (χ1) is 8.63. The summed E-state index contributed by atoms with van der Waals surface area (Å²) in [5.41, 5.74) is -1.07. The summed E-state index contributed by atoms with van der Waals surface area (Å²) in [6.07, 6.45) is 1.25.